The molecule has 0 saturated heterocycles. The molecular formula is C15H18N2O3. The van der Waals surface area contributed by atoms with Crippen molar-refractivity contribution in [2.24, 2.45) is 0 Å². The lowest BCUT2D eigenvalue weighted by molar-refractivity contribution is 0.0699. The molecule has 2 aromatic rings. The third kappa shape index (κ3) is 3.45. The average molecular weight is 274 g/mol. The van der Waals surface area contributed by atoms with Gasteiger partial charge in [0, 0.05) is 25.1 Å². The number of nitrogens with one attached hydrogen (secondary N) is 1. The molecule has 0 radical (unpaired) electrons. The molecule has 0 unspecified atom stereocenters. The second kappa shape index (κ2) is 6.86. The van der Waals surface area contributed by atoms with Crippen LogP contribution in [0, 0.1) is 0 Å². The zero-order valence-electron chi connectivity index (χ0n) is 11.4. The Labute approximate surface area is 117 Å². The first-order valence-corrected chi connectivity index (χ1v) is 6.67. The Morgan fingerprint density at radius 3 is 2.95 bits per heavy atom. The Balaban J connectivity index is 2.15. The number of hydrogen-bond acceptors (Lipinski definition) is 4. The highest BCUT2D eigenvalue weighted by Gasteiger charge is 2.11. The minimum atomic E-state index is -0.944. The number of ether oxygens (including phenoxy) is 1. The summed E-state index contributed by atoms with van der Waals surface area (Å²) in [5, 5.41) is 13.1. The maximum absolute atomic E-state index is 11.3. The van der Waals surface area contributed by atoms with Crippen LogP contribution in [0.5, 0.6) is 0 Å². The van der Waals surface area contributed by atoms with Crippen molar-refractivity contribution in [2.75, 3.05) is 25.1 Å². The van der Waals surface area contributed by atoms with E-state index in [1.807, 2.05) is 25.1 Å². The van der Waals surface area contributed by atoms with E-state index in [0.29, 0.717) is 36.5 Å². The van der Waals surface area contributed by atoms with Gasteiger partial charge in [0.05, 0.1) is 11.1 Å². The van der Waals surface area contributed by atoms with Gasteiger partial charge in [-0.2, -0.15) is 0 Å². The van der Waals surface area contributed by atoms with E-state index in [9.17, 15) is 9.90 Å². The highest BCUT2D eigenvalue weighted by atomic mass is 16.5. The second-order valence-electron chi connectivity index (χ2n) is 4.35. The van der Waals surface area contributed by atoms with Gasteiger partial charge < -0.3 is 15.2 Å². The van der Waals surface area contributed by atoms with Gasteiger partial charge in [0.15, 0.2) is 0 Å². The monoisotopic (exact) mass is 274 g/mol. The van der Waals surface area contributed by atoms with E-state index in [1.165, 1.54) is 0 Å². The van der Waals surface area contributed by atoms with E-state index >= 15 is 0 Å². The minimum absolute atomic E-state index is 0.267. The molecule has 20 heavy (non-hydrogen) atoms. The fourth-order valence-electron chi connectivity index (χ4n) is 1.98. The Kier molecular flexibility index (Phi) is 4.90. The van der Waals surface area contributed by atoms with Gasteiger partial charge >= 0.3 is 5.97 Å². The van der Waals surface area contributed by atoms with Crippen molar-refractivity contribution < 1.29 is 14.6 Å². The molecule has 2 N–H and O–H groups in total. The molecule has 0 aliphatic rings. The zero-order chi connectivity index (χ0) is 14.4. The molecule has 106 valence electrons. The van der Waals surface area contributed by atoms with Gasteiger partial charge in [-0.3, -0.25) is 0 Å². The minimum Gasteiger partial charge on any atom is -0.478 e. The van der Waals surface area contributed by atoms with E-state index < -0.39 is 5.97 Å². The highest BCUT2D eigenvalue weighted by molar-refractivity contribution is 6.03. The van der Waals surface area contributed by atoms with Crippen molar-refractivity contribution in [3.63, 3.8) is 0 Å². The van der Waals surface area contributed by atoms with Crippen molar-refractivity contribution in [2.45, 2.75) is 13.3 Å². The SMILES string of the molecule is CCOCCCNc1cc(C(=O)O)c2ccccc2n1. The molecule has 1 aromatic carbocycles. The quantitative estimate of drug-likeness (QED) is 0.760. The fraction of sp³-hybridized carbons (Fsp3) is 0.333. The van der Waals surface area contributed by atoms with E-state index in [2.05, 4.69) is 10.3 Å². The summed E-state index contributed by atoms with van der Waals surface area (Å²) in [5.74, 6) is -0.362. The first kappa shape index (κ1) is 14.3. The predicted molar refractivity (Wildman–Crippen MR) is 78.3 cm³/mol. The summed E-state index contributed by atoms with van der Waals surface area (Å²) in [6.45, 7) is 4.04. The van der Waals surface area contributed by atoms with Crippen molar-refractivity contribution in [3.05, 3.63) is 35.9 Å². The van der Waals surface area contributed by atoms with Gasteiger partial charge in [0.1, 0.15) is 5.82 Å². The second-order valence-corrected chi connectivity index (χ2v) is 4.35. The number of nitrogens with zero attached hydrogens (tertiary/aromatic N) is 1. The van der Waals surface area contributed by atoms with Crippen LogP contribution in [0.4, 0.5) is 5.82 Å². The summed E-state index contributed by atoms with van der Waals surface area (Å²) < 4.78 is 5.25. The molecule has 0 amide bonds. The van der Waals surface area contributed by atoms with Crippen LogP contribution in [0.3, 0.4) is 0 Å². The molecule has 0 spiro atoms. The Bertz CT molecular complexity index is 599. The molecule has 0 aliphatic heterocycles. The molecule has 1 heterocycles. The van der Waals surface area contributed by atoms with Crippen molar-refractivity contribution in [1.29, 1.82) is 0 Å². The highest BCUT2D eigenvalue weighted by Crippen LogP contribution is 2.20. The largest absolute Gasteiger partial charge is 0.478 e. The van der Waals surface area contributed by atoms with Gasteiger partial charge in [0.2, 0.25) is 0 Å². The predicted octanol–water partition coefficient (Wildman–Crippen LogP) is 2.77. The molecule has 0 bridgehead atoms. The lowest BCUT2D eigenvalue weighted by atomic mass is 10.1. The topological polar surface area (TPSA) is 71.5 Å². The van der Waals surface area contributed by atoms with Crippen LogP contribution in [0.25, 0.3) is 10.9 Å². The number of aromatic nitrogens is 1. The molecule has 1 aromatic heterocycles. The number of anilines is 1. The number of pyridine rings is 1. The van der Waals surface area contributed by atoms with E-state index in [0.717, 1.165) is 6.42 Å². The molecule has 5 heteroatoms. The maximum Gasteiger partial charge on any atom is 0.336 e. The van der Waals surface area contributed by atoms with Crippen molar-refractivity contribution in [1.82, 2.24) is 4.98 Å². The molecule has 0 fully saturated rings. The Morgan fingerprint density at radius 2 is 2.20 bits per heavy atom. The summed E-state index contributed by atoms with van der Waals surface area (Å²) >= 11 is 0. The molecule has 5 nitrogen and oxygen atoms in total. The van der Waals surface area contributed by atoms with Crippen LogP contribution in [0.15, 0.2) is 30.3 Å². The number of fused-ring (bicyclic) bond motifs is 1. The number of aromatic carboxylic acids is 1. The average Bonchev–Trinajstić information content (AvgIpc) is 2.46. The van der Waals surface area contributed by atoms with Gasteiger partial charge in [-0.05, 0) is 25.5 Å². The third-order valence-electron chi connectivity index (χ3n) is 2.92. The summed E-state index contributed by atoms with van der Waals surface area (Å²) in [6.07, 6.45) is 0.852. The summed E-state index contributed by atoms with van der Waals surface area (Å²) in [7, 11) is 0. The molecule has 0 saturated carbocycles. The fourth-order valence-corrected chi connectivity index (χ4v) is 1.98. The maximum atomic E-state index is 11.3. The van der Waals surface area contributed by atoms with Crippen LogP contribution in [-0.4, -0.2) is 35.8 Å². The normalized spacial score (nSPS) is 10.7. The molecule has 0 atom stereocenters. The van der Waals surface area contributed by atoms with Gasteiger partial charge in [-0.1, -0.05) is 18.2 Å². The van der Waals surface area contributed by atoms with Crippen LogP contribution >= 0.6 is 0 Å². The van der Waals surface area contributed by atoms with E-state index in [1.54, 1.807) is 12.1 Å². The molecule has 0 aliphatic carbocycles. The standard InChI is InChI=1S/C15H18N2O3/c1-2-20-9-5-8-16-14-10-12(15(18)19)11-6-3-4-7-13(11)17-14/h3-4,6-7,10H,2,5,8-9H2,1H3,(H,16,17)(H,18,19). The number of rotatable bonds is 7. The lowest BCUT2D eigenvalue weighted by Gasteiger charge is -2.09. The summed E-state index contributed by atoms with van der Waals surface area (Å²) in [4.78, 5) is 15.7. The first-order valence-electron chi connectivity index (χ1n) is 6.67. The molecular weight excluding hydrogens is 256 g/mol. The van der Waals surface area contributed by atoms with Crippen LogP contribution in [-0.2, 0) is 4.74 Å². The number of para-hydroxylation sites is 1. The number of hydrogen-bond donors (Lipinski definition) is 2. The number of benzene rings is 1. The number of carboxylic acid groups (broad SMARTS) is 1. The summed E-state index contributed by atoms with van der Waals surface area (Å²) in [6, 6.07) is 8.81. The van der Waals surface area contributed by atoms with Gasteiger partial charge in [-0.15, -0.1) is 0 Å². The first-order chi connectivity index (χ1) is 9.72. The smallest absolute Gasteiger partial charge is 0.336 e. The van der Waals surface area contributed by atoms with Crippen LogP contribution in [0.2, 0.25) is 0 Å². The van der Waals surface area contributed by atoms with Crippen LogP contribution < -0.4 is 5.32 Å². The van der Waals surface area contributed by atoms with Gasteiger partial charge in [-0.25, -0.2) is 9.78 Å². The van der Waals surface area contributed by atoms with Crippen molar-refractivity contribution in [3.8, 4) is 0 Å². The van der Waals surface area contributed by atoms with Crippen molar-refractivity contribution >= 4 is 22.7 Å². The van der Waals surface area contributed by atoms with E-state index in [4.69, 9.17) is 4.74 Å². The van der Waals surface area contributed by atoms with E-state index in [-0.39, 0.29) is 5.56 Å². The summed E-state index contributed by atoms with van der Waals surface area (Å²) in [5.41, 5.74) is 0.947. The van der Waals surface area contributed by atoms with Crippen LogP contribution in [0.1, 0.15) is 23.7 Å². The third-order valence-corrected chi connectivity index (χ3v) is 2.92. The van der Waals surface area contributed by atoms with Gasteiger partial charge in [0.25, 0.3) is 0 Å². The zero-order valence-corrected chi connectivity index (χ0v) is 11.4. The lowest BCUT2D eigenvalue weighted by Crippen LogP contribution is -2.08. The molecule has 2 rings (SSSR count). The number of carbonyl (C=O) groups is 1. The Morgan fingerprint density at radius 1 is 1.40 bits per heavy atom. The Hall–Kier alpha value is -2.14. The number of carboxylic acids is 1.